The molecule has 0 unspecified atom stereocenters. The van der Waals surface area contributed by atoms with Crippen LogP contribution in [0.2, 0.25) is 5.02 Å². The van der Waals surface area contributed by atoms with Crippen LogP contribution >= 0.6 is 11.6 Å². The average Bonchev–Trinajstić information content (AvgIpc) is 3.18. The summed E-state index contributed by atoms with van der Waals surface area (Å²) >= 11 is 6.05. The number of ketones is 1. The van der Waals surface area contributed by atoms with E-state index < -0.39 is 29.1 Å². The topological polar surface area (TPSA) is 68.5 Å². The number of fused-ring (bicyclic) bond motifs is 1. The predicted octanol–water partition coefficient (Wildman–Crippen LogP) is 4.02. The number of hydrogen-bond donors (Lipinski definition) is 1. The third-order valence-electron chi connectivity index (χ3n) is 4.58. The highest BCUT2D eigenvalue weighted by Crippen LogP contribution is 2.32. The number of hydrogen-bond acceptors (Lipinski definition) is 4. The lowest BCUT2D eigenvalue weighted by molar-refractivity contribution is -0.146. The number of esters is 1. The Bertz CT molecular complexity index is 1160. The van der Waals surface area contributed by atoms with Crippen LogP contribution in [0.15, 0.2) is 48.2 Å². The summed E-state index contributed by atoms with van der Waals surface area (Å²) in [7, 11) is 0. The molecule has 1 fully saturated rings. The number of carbonyl (C=O) groups is 2. The van der Waals surface area contributed by atoms with Gasteiger partial charge in [-0.1, -0.05) is 17.7 Å². The first-order valence-electron chi connectivity index (χ1n) is 8.22. The second kappa shape index (κ2) is 6.76. The highest BCUT2D eigenvalue weighted by atomic mass is 35.5. The van der Waals surface area contributed by atoms with E-state index in [1.165, 1.54) is 16.8 Å². The molecular formula is C20H12ClF2NO4. The Morgan fingerprint density at radius 3 is 2.54 bits per heavy atom. The standard InChI is InChI=1S/C20H12ClF2NO4/c21-10-4-5-17-11(6-10)12(18(25)14-9-28-20(27)19(14)26)7-24(17)8-13-15(22)2-1-3-16(13)23/h1-7,25H,8-9H2/b18-14-. The Morgan fingerprint density at radius 1 is 1.18 bits per heavy atom. The minimum Gasteiger partial charge on any atom is -0.507 e. The van der Waals surface area contributed by atoms with E-state index in [1.807, 2.05) is 0 Å². The predicted molar refractivity (Wildman–Crippen MR) is 97.9 cm³/mol. The number of aromatic nitrogens is 1. The Hall–Kier alpha value is -3.19. The maximum absolute atomic E-state index is 14.1. The van der Waals surface area contributed by atoms with Gasteiger partial charge in [0.15, 0.2) is 0 Å². The van der Waals surface area contributed by atoms with E-state index in [2.05, 4.69) is 4.74 Å². The molecule has 2 aromatic carbocycles. The van der Waals surface area contributed by atoms with Crippen molar-refractivity contribution in [3.8, 4) is 0 Å². The highest BCUT2D eigenvalue weighted by molar-refractivity contribution is 6.43. The highest BCUT2D eigenvalue weighted by Gasteiger charge is 2.33. The van der Waals surface area contributed by atoms with Crippen LogP contribution in [0.1, 0.15) is 11.1 Å². The number of carbonyl (C=O) groups excluding carboxylic acids is 2. The second-order valence-electron chi connectivity index (χ2n) is 6.26. The molecule has 2 heterocycles. The van der Waals surface area contributed by atoms with Crippen LogP contribution < -0.4 is 0 Å². The maximum atomic E-state index is 14.1. The van der Waals surface area contributed by atoms with E-state index in [-0.39, 0.29) is 29.9 Å². The number of aliphatic hydroxyl groups excluding tert-OH is 1. The van der Waals surface area contributed by atoms with E-state index >= 15 is 0 Å². The lowest BCUT2D eigenvalue weighted by Gasteiger charge is -2.08. The van der Waals surface area contributed by atoms with E-state index in [0.29, 0.717) is 15.9 Å². The van der Waals surface area contributed by atoms with E-state index in [9.17, 15) is 23.5 Å². The van der Waals surface area contributed by atoms with Crippen molar-refractivity contribution in [1.29, 1.82) is 0 Å². The van der Waals surface area contributed by atoms with Crippen LogP contribution in [0.4, 0.5) is 8.78 Å². The van der Waals surface area contributed by atoms with Crippen molar-refractivity contribution in [2.45, 2.75) is 6.54 Å². The molecule has 0 radical (unpaired) electrons. The van der Waals surface area contributed by atoms with Gasteiger partial charge in [-0.3, -0.25) is 4.79 Å². The number of nitrogens with zero attached hydrogens (tertiary/aromatic N) is 1. The fraction of sp³-hybridized carbons (Fsp3) is 0.100. The Labute approximate surface area is 162 Å². The molecule has 0 amide bonds. The molecule has 0 saturated carbocycles. The second-order valence-corrected chi connectivity index (χ2v) is 6.70. The smallest absolute Gasteiger partial charge is 0.379 e. The number of ether oxygens (including phenoxy) is 1. The molecule has 1 N–H and O–H groups in total. The fourth-order valence-corrected chi connectivity index (χ4v) is 3.35. The molecular weight excluding hydrogens is 392 g/mol. The first-order chi connectivity index (χ1) is 13.4. The first kappa shape index (κ1) is 18.2. The molecule has 8 heteroatoms. The van der Waals surface area contributed by atoms with Crippen molar-refractivity contribution in [3.63, 3.8) is 0 Å². The van der Waals surface area contributed by atoms with Gasteiger partial charge >= 0.3 is 5.97 Å². The third-order valence-corrected chi connectivity index (χ3v) is 4.82. The first-order valence-corrected chi connectivity index (χ1v) is 8.60. The van der Waals surface area contributed by atoms with Crippen molar-refractivity contribution in [2.75, 3.05) is 6.61 Å². The van der Waals surface area contributed by atoms with Crippen LogP contribution in [-0.2, 0) is 20.9 Å². The number of halogens is 3. The van der Waals surface area contributed by atoms with E-state index in [1.54, 1.807) is 18.2 Å². The summed E-state index contributed by atoms with van der Waals surface area (Å²) in [5.41, 5.74) is 0.410. The summed E-state index contributed by atoms with van der Waals surface area (Å²) in [6, 6.07) is 8.36. The molecule has 0 bridgehead atoms. The summed E-state index contributed by atoms with van der Waals surface area (Å²) in [5.74, 6) is -3.82. The number of benzene rings is 2. The van der Waals surface area contributed by atoms with Crippen molar-refractivity contribution in [3.05, 3.63) is 76.0 Å². The van der Waals surface area contributed by atoms with Crippen LogP contribution in [0, 0.1) is 11.6 Å². The van der Waals surface area contributed by atoms with Crippen molar-refractivity contribution >= 4 is 40.0 Å². The molecule has 0 spiro atoms. The van der Waals surface area contributed by atoms with Gasteiger partial charge in [-0.25, -0.2) is 13.6 Å². The SMILES string of the molecule is O=C1OC/C(=C(/O)c2cn(Cc3c(F)cccc3F)c3ccc(Cl)cc23)C1=O. The molecule has 142 valence electrons. The van der Waals surface area contributed by atoms with Crippen LogP contribution in [0.25, 0.3) is 16.7 Å². The minimum absolute atomic E-state index is 0.150. The van der Waals surface area contributed by atoms with Gasteiger partial charge in [-0.05, 0) is 30.3 Å². The molecule has 0 atom stereocenters. The van der Waals surface area contributed by atoms with Gasteiger partial charge in [-0.15, -0.1) is 0 Å². The van der Waals surface area contributed by atoms with Gasteiger partial charge in [-0.2, -0.15) is 0 Å². The summed E-state index contributed by atoms with van der Waals surface area (Å²) in [5, 5.41) is 11.4. The molecule has 0 aliphatic carbocycles. The van der Waals surface area contributed by atoms with E-state index in [0.717, 1.165) is 12.1 Å². The quantitative estimate of drug-likeness (QED) is 0.310. The van der Waals surface area contributed by atoms with Crippen LogP contribution in [0.3, 0.4) is 0 Å². The lowest BCUT2D eigenvalue weighted by atomic mass is 10.1. The Kier molecular flexibility index (Phi) is 4.39. The molecule has 1 aliphatic rings. The molecule has 3 aromatic rings. The molecule has 1 aromatic heterocycles. The number of Topliss-reactive ketones (excluding diaryl/α,β-unsaturated/α-hetero) is 1. The van der Waals surface area contributed by atoms with E-state index in [4.69, 9.17) is 11.6 Å². The third kappa shape index (κ3) is 2.93. The molecule has 5 nitrogen and oxygen atoms in total. The number of cyclic esters (lactones) is 1. The number of aliphatic hydroxyl groups is 1. The van der Waals surface area contributed by atoms with Crippen LogP contribution in [0.5, 0.6) is 0 Å². The van der Waals surface area contributed by atoms with Gasteiger partial charge in [0, 0.05) is 33.2 Å². The number of rotatable bonds is 3. The van der Waals surface area contributed by atoms with Gasteiger partial charge in [0.25, 0.3) is 5.78 Å². The van der Waals surface area contributed by atoms with Crippen LogP contribution in [-0.4, -0.2) is 28.0 Å². The molecule has 28 heavy (non-hydrogen) atoms. The summed E-state index contributed by atoms with van der Waals surface area (Å²) in [6.45, 7) is -0.499. The molecule has 4 rings (SSSR count). The fourth-order valence-electron chi connectivity index (χ4n) is 3.17. The summed E-state index contributed by atoms with van der Waals surface area (Å²) in [4.78, 5) is 23.2. The molecule has 1 aliphatic heterocycles. The monoisotopic (exact) mass is 403 g/mol. The van der Waals surface area contributed by atoms with Gasteiger partial charge in [0.1, 0.15) is 24.0 Å². The van der Waals surface area contributed by atoms with Crippen molar-refractivity contribution < 1.29 is 28.2 Å². The Morgan fingerprint density at radius 2 is 1.89 bits per heavy atom. The minimum atomic E-state index is -1.04. The lowest BCUT2D eigenvalue weighted by Crippen LogP contribution is -2.08. The summed E-state index contributed by atoms with van der Waals surface area (Å²) in [6.07, 6.45) is 1.45. The molecule has 1 saturated heterocycles. The zero-order valence-electron chi connectivity index (χ0n) is 14.2. The van der Waals surface area contributed by atoms with Crippen molar-refractivity contribution in [2.24, 2.45) is 0 Å². The zero-order chi connectivity index (χ0) is 20.0. The average molecular weight is 404 g/mol. The normalized spacial score (nSPS) is 16.0. The largest absolute Gasteiger partial charge is 0.507 e. The Balaban J connectivity index is 1.90. The zero-order valence-corrected chi connectivity index (χ0v) is 15.0. The van der Waals surface area contributed by atoms with Gasteiger partial charge in [0.2, 0.25) is 0 Å². The van der Waals surface area contributed by atoms with Crippen molar-refractivity contribution in [1.82, 2.24) is 4.57 Å². The maximum Gasteiger partial charge on any atom is 0.379 e. The summed E-state index contributed by atoms with van der Waals surface area (Å²) < 4.78 is 34.3. The van der Waals surface area contributed by atoms with Gasteiger partial charge < -0.3 is 14.4 Å². The van der Waals surface area contributed by atoms with Gasteiger partial charge in [0.05, 0.1) is 12.1 Å².